The first kappa shape index (κ1) is 13.1. The normalized spacial score (nSPS) is 10.4. The van der Waals surface area contributed by atoms with Crippen LogP contribution in [0.3, 0.4) is 0 Å². The molecule has 0 aromatic heterocycles. The number of halogens is 4. The second-order valence-corrected chi connectivity index (χ2v) is 4.57. The van der Waals surface area contributed by atoms with Crippen molar-refractivity contribution < 1.29 is 8.78 Å². The van der Waals surface area contributed by atoms with Gasteiger partial charge >= 0.3 is 0 Å². The molecule has 0 unspecified atom stereocenters. The van der Waals surface area contributed by atoms with Gasteiger partial charge < -0.3 is 5.32 Å². The lowest BCUT2D eigenvalue weighted by Gasteiger charge is -2.09. The molecule has 5 heteroatoms. The Morgan fingerprint density at radius 2 is 1.72 bits per heavy atom. The number of nitrogens with one attached hydrogen (secondary N) is 1. The lowest BCUT2D eigenvalue weighted by molar-refractivity contribution is 0.507. The molecule has 0 aliphatic carbocycles. The summed E-state index contributed by atoms with van der Waals surface area (Å²) in [6.07, 6.45) is 0. The van der Waals surface area contributed by atoms with Crippen molar-refractivity contribution in [3.8, 4) is 0 Å². The largest absolute Gasteiger partial charge is 0.380 e. The lowest BCUT2D eigenvalue weighted by Crippen LogP contribution is -2.01. The summed E-state index contributed by atoms with van der Waals surface area (Å²) in [4.78, 5) is 0. The first-order chi connectivity index (χ1) is 8.56. The fourth-order valence-electron chi connectivity index (χ4n) is 1.48. The summed E-state index contributed by atoms with van der Waals surface area (Å²) >= 11 is 11.8. The molecule has 0 aliphatic rings. The van der Waals surface area contributed by atoms with Crippen molar-refractivity contribution in [2.45, 2.75) is 6.54 Å². The molecule has 0 radical (unpaired) electrons. The predicted octanol–water partition coefficient (Wildman–Crippen LogP) is 4.88. The molecule has 2 rings (SSSR count). The molecule has 2 aromatic rings. The maximum Gasteiger partial charge on any atom is 0.159 e. The van der Waals surface area contributed by atoms with E-state index in [9.17, 15) is 8.78 Å². The van der Waals surface area contributed by atoms with Crippen LogP contribution in [0, 0.1) is 11.6 Å². The molecule has 0 aliphatic heterocycles. The predicted molar refractivity (Wildman–Crippen MR) is 70.1 cm³/mol. The van der Waals surface area contributed by atoms with Gasteiger partial charge in [-0.3, -0.25) is 0 Å². The average molecular weight is 288 g/mol. The van der Waals surface area contributed by atoms with Gasteiger partial charge in [-0.2, -0.15) is 0 Å². The van der Waals surface area contributed by atoms with Crippen molar-refractivity contribution in [3.63, 3.8) is 0 Å². The second-order valence-electron chi connectivity index (χ2n) is 3.73. The van der Waals surface area contributed by atoms with Gasteiger partial charge in [0.15, 0.2) is 11.6 Å². The van der Waals surface area contributed by atoms with E-state index in [1.165, 1.54) is 6.07 Å². The molecule has 0 spiro atoms. The maximum absolute atomic E-state index is 13.0. The quantitative estimate of drug-likeness (QED) is 0.848. The fraction of sp³-hybridized carbons (Fsp3) is 0.0769. The molecule has 0 atom stereocenters. The van der Waals surface area contributed by atoms with Crippen LogP contribution in [0.15, 0.2) is 36.4 Å². The van der Waals surface area contributed by atoms with E-state index >= 15 is 0 Å². The van der Waals surface area contributed by atoms with Crippen LogP contribution in [0.4, 0.5) is 14.5 Å². The highest BCUT2D eigenvalue weighted by atomic mass is 35.5. The standard InChI is InChI=1S/C13H9Cl2F2N/c14-9-2-3-10(15)13(6-9)18-7-8-1-4-11(16)12(17)5-8/h1-6,18H,7H2. The van der Waals surface area contributed by atoms with Crippen LogP contribution in [0.1, 0.15) is 5.56 Å². The Morgan fingerprint density at radius 3 is 2.44 bits per heavy atom. The van der Waals surface area contributed by atoms with Gasteiger partial charge in [0.1, 0.15) is 0 Å². The third-order valence-corrected chi connectivity index (χ3v) is 2.96. The zero-order valence-corrected chi connectivity index (χ0v) is 10.7. The molecule has 0 amide bonds. The molecule has 1 N–H and O–H groups in total. The summed E-state index contributed by atoms with van der Waals surface area (Å²) in [5.41, 5.74) is 1.26. The molecule has 18 heavy (non-hydrogen) atoms. The topological polar surface area (TPSA) is 12.0 Å². The van der Waals surface area contributed by atoms with Crippen LogP contribution >= 0.6 is 23.2 Å². The van der Waals surface area contributed by atoms with E-state index in [0.29, 0.717) is 27.8 Å². The molecule has 0 fully saturated rings. The Balaban J connectivity index is 2.11. The highest BCUT2D eigenvalue weighted by molar-refractivity contribution is 6.35. The van der Waals surface area contributed by atoms with Crippen molar-refractivity contribution >= 4 is 28.9 Å². The summed E-state index contributed by atoms with van der Waals surface area (Å²) in [5.74, 6) is -1.73. The first-order valence-corrected chi connectivity index (χ1v) is 5.95. The van der Waals surface area contributed by atoms with Gasteiger partial charge in [0.05, 0.1) is 10.7 Å². The van der Waals surface area contributed by atoms with Gasteiger partial charge in [0, 0.05) is 11.6 Å². The molecule has 0 bridgehead atoms. The molecular formula is C13H9Cl2F2N. The van der Waals surface area contributed by atoms with Gasteiger partial charge in [-0.1, -0.05) is 29.3 Å². The van der Waals surface area contributed by atoms with E-state index in [1.54, 1.807) is 18.2 Å². The Labute approximate surface area is 113 Å². The van der Waals surface area contributed by atoms with Crippen LogP contribution in [0.25, 0.3) is 0 Å². The summed E-state index contributed by atoms with van der Waals surface area (Å²) in [5, 5.41) is 4.08. The number of benzene rings is 2. The monoisotopic (exact) mass is 287 g/mol. The van der Waals surface area contributed by atoms with Crippen LogP contribution in [-0.2, 0) is 6.54 Å². The Morgan fingerprint density at radius 1 is 0.944 bits per heavy atom. The van der Waals surface area contributed by atoms with Crippen LogP contribution in [0.2, 0.25) is 10.0 Å². The van der Waals surface area contributed by atoms with E-state index < -0.39 is 11.6 Å². The van der Waals surface area contributed by atoms with E-state index in [2.05, 4.69) is 5.32 Å². The first-order valence-electron chi connectivity index (χ1n) is 5.19. The van der Waals surface area contributed by atoms with Crippen molar-refractivity contribution in [2.75, 3.05) is 5.32 Å². The van der Waals surface area contributed by atoms with Crippen molar-refractivity contribution in [2.24, 2.45) is 0 Å². The number of hydrogen-bond donors (Lipinski definition) is 1. The molecule has 0 saturated carbocycles. The van der Waals surface area contributed by atoms with E-state index in [-0.39, 0.29) is 0 Å². The molecular weight excluding hydrogens is 279 g/mol. The van der Waals surface area contributed by atoms with E-state index in [0.717, 1.165) is 12.1 Å². The van der Waals surface area contributed by atoms with Crippen molar-refractivity contribution in [3.05, 3.63) is 63.6 Å². The van der Waals surface area contributed by atoms with Gasteiger partial charge in [-0.25, -0.2) is 8.78 Å². The van der Waals surface area contributed by atoms with Gasteiger partial charge in [-0.15, -0.1) is 0 Å². The Bertz CT molecular complexity index is 573. The lowest BCUT2D eigenvalue weighted by atomic mass is 10.2. The van der Waals surface area contributed by atoms with Crippen LogP contribution in [0.5, 0.6) is 0 Å². The zero-order valence-electron chi connectivity index (χ0n) is 9.18. The van der Waals surface area contributed by atoms with Gasteiger partial charge in [0.25, 0.3) is 0 Å². The third-order valence-electron chi connectivity index (χ3n) is 2.40. The Hall–Kier alpha value is -1.32. The number of rotatable bonds is 3. The highest BCUT2D eigenvalue weighted by Gasteiger charge is 2.04. The fourth-order valence-corrected chi connectivity index (χ4v) is 1.84. The smallest absolute Gasteiger partial charge is 0.159 e. The molecule has 94 valence electrons. The molecule has 1 nitrogen and oxygen atoms in total. The minimum atomic E-state index is -0.869. The van der Waals surface area contributed by atoms with Crippen molar-refractivity contribution in [1.82, 2.24) is 0 Å². The summed E-state index contributed by atoms with van der Waals surface area (Å²) in [7, 11) is 0. The average Bonchev–Trinajstić information content (AvgIpc) is 2.34. The summed E-state index contributed by atoms with van der Waals surface area (Å²) in [6, 6.07) is 8.74. The Kier molecular flexibility index (Phi) is 4.04. The third kappa shape index (κ3) is 3.12. The number of hydrogen-bond acceptors (Lipinski definition) is 1. The van der Waals surface area contributed by atoms with Gasteiger partial charge in [0.2, 0.25) is 0 Å². The summed E-state index contributed by atoms with van der Waals surface area (Å²) < 4.78 is 25.7. The van der Waals surface area contributed by atoms with Crippen LogP contribution in [-0.4, -0.2) is 0 Å². The molecule has 2 aromatic carbocycles. The summed E-state index contributed by atoms with van der Waals surface area (Å²) in [6.45, 7) is 0.331. The van der Waals surface area contributed by atoms with Crippen molar-refractivity contribution in [1.29, 1.82) is 0 Å². The second kappa shape index (κ2) is 5.55. The molecule has 0 heterocycles. The minimum absolute atomic E-state index is 0.331. The highest BCUT2D eigenvalue weighted by Crippen LogP contribution is 2.25. The van der Waals surface area contributed by atoms with E-state index in [4.69, 9.17) is 23.2 Å². The minimum Gasteiger partial charge on any atom is -0.380 e. The zero-order chi connectivity index (χ0) is 13.1. The SMILES string of the molecule is Fc1ccc(CNc2cc(Cl)ccc2Cl)cc1F. The van der Waals surface area contributed by atoms with Gasteiger partial charge in [-0.05, 0) is 35.9 Å². The maximum atomic E-state index is 13.0. The van der Waals surface area contributed by atoms with Crippen LogP contribution < -0.4 is 5.32 Å². The number of anilines is 1. The van der Waals surface area contributed by atoms with E-state index in [1.807, 2.05) is 0 Å². The molecule has 0 saturated heterocycles.